The lowest BCUT2D eigenvalue weighted by Gasteiger charge is -2.19. The van der Waals surface area contributed by atoms with Crippen molar-refractivity contribution in [3.8, 4) is 11.3 Å². The zero-order valence-corrected chi connectivity index (χ0v) is 17.4. The van der Waals surface area contributed by atoms with Crippen LogP contribution in [-0.4, -0.2) is 35.9 Å². The number of nitrogen functional groups attached to an aromatic ring is 1. The van der Waals surface area contributed by atoms with E-state index >= 15 is 0 Å². The quantitative estimate of drug-likeness (QED) is 0.382. The van der Waals surface area contributed by atoms with E-state index in [0.29, 0.717) is 39.4 Å². The van der Waals surface area contributed by atoms with Gasteiger partial charge in [-0.25, -0.2) is 14.8 Å². The molecule has 33 heavy (non-hydrogen) atoms. The average molecular weight is 457 g/mol. The van der Waals surface area contributed by atoms with E-state index in [1.54, 1.807) is 19.9 Å². The Morgan fingerprint density at radius 1 is 1.18 bits per heavy atom. The summed E-state index contributed by atoms with van der Waals surface area (Å²) in [6, 6.07) is 4.48. The second kappa shape index (κ2) is 8.04. The minimum absolute atomic E-state index is 0.000806. The molecule has 4 N–H and O–H groups in total. The van der Waals surface area contributed by atoms with Gasteiger partial charge in [-0.3, -0.25) is 4.98 Å². The van der Waals surface area contributed by atoms with Gasteiger partial charge in [0.2, 0.25) is 0 Å². The molecule has 4 aromatic rings. The minimum atomic E-state index is -4.52. The van der Waals surface area contributed by atoms with Gasteiger partial charge in [0, 0.05) is 22.8 Å². The molecule has 3 heterocycles. The van der Waals surface area contributed by atoms with Gasteiger partial charge in [-0.1, -0.05) is 0 Å². The van der Waals surface area contributed by atoms with Crippen LogP contribution in [0.1, 0.15) is 29.9 Å². The first kappa shape index (κ1) is 22.0. The smallest absolute Gasteiger partial charge is 0.432 e. The number of benzene rings is 1. The number of hydrogen-bond acceptors (Lipinski definition) is 7. The van der Waals surface area contributed by atoms with Crippen LogP contribution in [0.4, 0.5) is 29.5 Å². The normalized spacial score (nSPS) is 12.6. The van der Waals surface area contributed by atoms with Crippen molar-refractivity contribution in [2.75, 3.05) is 11.1 Å². The van der Waals surface area contributed by atoms with Crippen LogP contribution in [0.5, 0.6) is 0 Å². The number of carboxylic acid groups (broad SMARTS) is 1. The van der Waals surface area contributed by atoms with E-state index in [9.17, 15) is 18.0 Å². The van der Waals surface area contributed by atoms with E-state index < -0.39 is 23.9 Å². The number of halogens is 3. The number of hydrogen-bond donors (Lipinski definition) is 3. The number of anilines is 2. The third-order valence-corrected chi connectivity index (χ3v) is 4.93. The summed E-state index contributed by atoms with van der Waals surface area (Å²) in [4.78, 5) is 24.2. The number of pyridine rings is 1. The molecule has 4 rings (SSSR count). The lowest BCUT2D eigenvalue weighted by Crippen LogP contribution is -2.13. The fourth-order valence-electron chi connectivity index (χ4n) is 3.35. The van der Waals surface area contributed by atoms with Gasteiger partial charge in [-0.2, -0.15) is 23.0 Å². The van der Waals surface area contributed by atoms with Crippen molar-refractivity contribution in [2.24, 2.45) is 0 Å². The molecule has 0 fully saturated rings. The topological polar surface area (TPSA) is 132 Å². The summed E-state index contributed by atoms with van der Waals surface area (Å²) in [5.41, 5.74) is 6.60. The first-order valence-corrected chi connectivity index (χ1v) is 9.68. The molecule has 12 heteroatoms. The maximum absolute atomic E-state index is 13.2. The monoisotopic (exact) mass is 457 g/mol. The van der Waals surface area contributed by atoms with E-state index in [1.807, 2.05) is 0 Å². The number of carbonyl (C=O) groups is 1. The number of aryl methyl sites for hydroxylation is 1. The summed E-state index contributed by atoms with van der Waals surface area (Å²) in [6.07, 6.45) is -1.58. The van der Waals surface area contributed by atoms with Gasteiger partial charge in [0.25, 0.3) is 0 Å². The van der Waals surface area contributed by atoms with E-state index in [4.69, 9.17) is 10.8 Å². The highest BCUT2D eigenvalue weighted by Gasteiger charge is 2.31. The van der Waals surface area contributed by atoms with Crippen LogP contribution < -0.4 is 11.1 Å². The number of nitrogens with two attached hydrogens (primary N) is 1. The van der Waals surface area contributed by atoms with Crippen LogP contribution in [0.3, 0.4) is 0 Å². The SMILES string of the molecule is Cc1nc(NC(C)c2cc(N)cc(C(F)(F)F)c2)c2cc(-c3cnn(C(=O)O)c3)ncc2n1. The van der Waals surface area contributed by atoms with Gasteiger partial charge in [0.1, 0.15) is 11.6 Å². The zero-order valence-electron chi connectivity index (χ0n) is 17.4. The molecular formula is C21H18F3N7O2. The summed E-state index contributed by atoms with van der Waals surface area (Å²) >= 11 is 0. The van der Waals surface area contributed by atoms with Crippen molar-refractivity contribution >= 4 is 28.5 Å². The summed E-state index contributed by atoms with van der Waals surface area (Å²) in [5, 5.41) is 16.5. The number of nitrogens with one attached hydrogen (secondary N) is 1. The van der Waals surface area contributed by atoms with Gasteiger partial charge in [0.15, 0.2) is 0 Å². The average Bonchev–Trinajstić information content (AvgIpc) is 3.23. The molecule has 0 amide bonds. The van der Waals surface area contributed by atoms with Crippen molar-refractivity contribution in [3.63, 3.8) is 0 Å². The fourth-order valence-corrected chi connectivity index (χ4v) is 3.35. The van der Waals surface area contributed by atoms with Gasteiger partial charge < -0.3 is 16.2 Å². The van der Waals surface area contributed by atoms with E-state index in [1.165, 1.54) is 24.7 Å². The molecule has 0 spiro atoms. The molecule has 0 saturated heterocycles. The summed E-state index contributed by atoms with van der Waals surface area (Å²) in [7, 11) is 0. The Morgan fingerprint density at radius 2 is 1.94 bits per heavy atom. The minimum Gasteiger partial charge on any atom is -0.463 e. The first-order valence-electron chi connectivity index (χ1n) is 9.68. The highest BCUT2D eigenvalue weighted by atomic mass is 19.4. The standard InChI is InChI=1S/C21H18F3N7O2/c1-10(12-3-14(21(22,23)24)5-15(25)4-12)28-19-16-6-17(13-7-27-31(9-13)20(32)33)26-8-18(16)29-11(2)30-19/h3-10H,25H2,1-2H3,(H,32,33)(H,28,29,30). The maximum atomic E-state index is 13.2. The molecule has 0 aliphatic carbocycles. The van der Waals surface area contributed by atoms with Crippen molar-refractivity contribution < 1.29 is 23.1 Å². The van der Waals surface area contributed by atoms with Crippen LogP contribution in [-0.2, 0) is 6.18 Å². The van der Waals surface area contributed by atoms with Gasteiger partial charge >= 0.3 is 12.3 Å². The lowest BCUT2D eigenvalue weighted by atomic mass is 10.0. The number of fused-ring (bicyclic) bond motifs is 1. The summed E-state index contributed by atoms with van der Waals surface area (Å²) in [6.45, 7) is 3.37. The molecule has 170 valence electrons. The fraction of sp³-hybridized carbons (Fsp3) is 0.190. The molecule has 0 aliphatic heterocycles. The largest absolute Gasteiger partial charge is 0.463 e. The van der Waals surface area contributed by atoms with E-state index in [-0.39, 0.29) is 5.69 Å². The van der Waals surface area contributed by atoms with Gasteiger partial charge in [0.05, 0.1) is 35.2 Å². The Kier molecular flexibility index (Phi) is 5.36. The maximum Gasteiger partial charge on any atom is 0.432 e. The zero-order chi connectivity index (χ0) is 23.9. The highest BCUT2D eigenvalue weighted by molar-refractivity contribution is 5.91. The summed E-state index contributed by atoms with van der Waals surface area (Å²) < 4.78 is 40.4. The molecule has 9 nitrogen and oxygen atoms in total. The van der Waals surface area contributed by atoms with E-state index in [0.717, 1.165) is 16.8 Å². The highest BCUT2D eigenvalue weighted by Crippen LogP contribution is 2.34. The second-order valence-electron chi connectivity index (χ2n) is 7.41. The number of alkyl halides is 3. The molecule has 3 aromatic heterocycles. The van der Waals surface area contributed by atoms with Crippen molar-refractivity contribution in [1.82, 2.24) is 24.7 Å². The number of aromatic nitrogens is 5. The Morgan fingerprint density at radius 3 is 2.61 bits per heavy atom. The second-order valence-corrected chi connectivity index (χ2v) is 7.41. The number of nitrogens with zero attached hydrogens (tertiary/aromatic N) is 5. The van der Waals surface area contributed by atoms with Crippen molar-refractivity contribution in [2.45, 2.75) is 26.1 Å². The third-order valence-electron chi connectivity index (χ3n) is 4.93. The molecule has 0 radical (unpaired) electrons. The van der Waals surface area contributed by atoms with Crippen molar-refractivity contribution in [3.05, 3.63) is 59.8 Å². The van der Waals surface area contributed by atoms with Gasteiger partial charge in [-0.15, -0.1) is 0 Å². The predicted molar refractivity (Wildman–Crippen MR) is 115 cm³/mol. The lowest BCUT2D eigenvalue weighted by molar-refractivity contribution is -0.137. The Balaban J connectivity index is 1.74. The van der Waals surface area contributed by atoms with Crippen LogP contribution in [0, 0.1) is 6.92 Å². The Labute approximate surface area is 185 Å². The molecule has 0 aliphatic rings. The molecule has 0 bridgehead atoms. The Hall–Kier alpha value is -4.22. The first-order chi connectivity index (χ1) is 15.5. The molecule has 1 aromatic carbocycles. The number of rotatable bonds is 4. The predicted octanol–water partition coefficient (Wildman–Crippen LogP) is 4.50. The summed E-state index contributed by atoms with van der Waals surface area (Å²) in [5.74, 6) is 0.823. The molecule has 0 saturated carbocycles. The van der Waals surface area contributed by atoms with Crippen LogP contribution in [0.15, 0.2) is 42.9 Å². The van der Waals surface area contributed by atoms with Gasteiger partial charge in [-0.05, 0) is 43.7 Å². The molecule has 1 unspecified atom stereocenters. The molecular weight excluding hydrogens is 439 g/mol. The Bertz CT molecular complexity index is 1370. The van der Waals surface area contributed by atoms with Crippen LogP contribution in [0.2, 0.25) is 0 Å². The third kappa shape index (κ3) is 4.54. The van der Waals surface area contributed by atoms with Crippen LogP contribution >= 0.6 is 0 Å². The van der Waals surface area contributed by atoms with Crippen LogP contribution in [0.25, 0.3) is 22.2 Å². The van der Waals surface area contributed by atoms with Crippen molar-refractivity contribution in [1.29, 1.82) is 0 Å². The van der Waals surface area contributed by atoms with E-state index in [2.05, 4.69) is 25.4 Å². The molecule has 1 atom stereocenters.